The number of carboxylic acids is 2. The van der Waals surface area contributed by atoms with Crippen molar-refractivity contribution < 1.29 is 29.4 Å². The summed E-state index contributed by atoms with van der Waals surface area (Å²) in [6, 6.07) is 7.94. The summed E-state index contributed by atoms with van der Waals surface area (Å²) in [5.74, 6) is -2.76. The highest BCUT2D eigenvalue weighted by atomic mass is 16.4. The molecule has 1 rings (SSSR count). The molecule has 4 N–H and O–H groups in total. The van der Waals surface area contributed by atoms with Crippen LogP contribution in [-0.2, 0) is 19.2 Å². The molecule has 0 saturated heterocycles. The molecule has 1 aromatic carbocycles. The van der Waals surface area contributed by atoms with Crippen molar-refractivity contribution in [3.05, 3.63) is 30.3 Å². The maximum absolute atomic E-state index is 11.8. The molecule has 8 nitrogen and oxygen atoms in total. The molecule has 0 bridgehead atoms. The quantitative estimate of drug-likeness (QED) is 0.419. The van der Waals surface area contributed by atoms with Crippen molar-refractivity contribution in [1.82, 2.24) is 5.32 Å². The Balaban J connectivity index is 2.22. The van der Waals surface area contributed by atoms with Gasteiger partial charge in [-0.15, -0.1) is 0 Å². The molecule has 0 spiro atoms. The van der Waals surface area contributed by atoms with Crippen molar-refractivity contribution in [2.45, 2.75) is 51.0 Å². The van der Waals surface area contributed by atoms with Gasteiger partial charge in [0, 0.05) is 24.9 Å². The third kappa shape index (κ3) is 9.41. The van der Waals surface area contributed by atoms with Crippen LogP contribution in [0.15, 0.2) is 30.3 Å². The standard InChI is InChI=1S/C18H24N2O6/c21-15(19-13-7-2-1-3-8-13)10-4-5-11-16(22)20-14(18(25)26)9-6-12-17(23)24/h1-3,7-8,14H,4-6,9-12H2,(H,19,21)(H,20,22)(H,23,24)(H,25,26)/t14-/m0/s1. The van der Waals surface area contributed by atoms with Gasteiger partial charge in [-0.2, -0.15) is 0 Å². The first-order valence-corrected chi connectivity index (χ1v) is 8.47. The minimum absolute atomic E-state index is 0.0624. The zero-order valence-electron chi connectivity index (χ0n) is 14.4. The Hall–Kier alpha value is -2.90. The minimum atomic E-state index is -1.19. The highest BCUT2D eigenvalue weighted by molar-refractivity contribution is 5.90. The van der Waals surface area contributed by atoms with Crippen LogP contribution in [0, 0.1) is 0 Å². The van der Waals surface area contributed by atoms with E-state index >= 15 is 0 Å². The number of hydrogen-bond acceptors (Lipinski definition) is 4. The van der Waals surface area contributed by atoms with Crippen LogP contribution in [0.25, 0.3) is 0 Å². The summed E-state index contributed by atoms with van der Waals surface area (Å²) < 4.78 is 0. The molecular formula is C18H24N2O6. The number of amides is 2. The summed E-state index contributed by atoms with van der Waals surface area (Å²) in [6.45, 7) is 0. The monoisotopic (exact) mass is 364 g/mol. The van der Waals surface area contributed by atoms with Gasteiger partial charge >= 0.3 is 11.9 Å². The molecule has 8 heteroatoms. The number of hydrogen-bond donors (Lipinski definition) is 4. The fraction of sp³-hybridized carbons (Fsp3) is 0.444. The molecule has 142 valence electrons. The predicted molar refractivity (Wildman–Crippen MR) is 94.6 cm³/mol. The van der Waals surface area contributed by atoms with Crippen molar-refractivity contribution in [3.8, 4) is 0 Å². The van der Waals surface area contributed by atoms with Crippen molar-refractivity contribution in [2.75, 3.05) is 5.32 Å². The lowest BCUT2D eigenvalue weighted by Gasteiger charge is -2.14. The molecule has 1 atom stereocenters. The van der Waals surface area contributed by atoms with Crippen molar-refractivity contribution in [2.24, 2.45) is 0 Å². The largest absolute Gasteiger partial charge is 0.481 e. The van der Waals surface area contributed by atoms with Crippen LogP contribution in [0.5, 0.6) is 0 Å². The van der Waals surface area contributed by atoms with Gasteiger partial charge < -0.3 is 20.8 Å². The second-order valence-electron chi connectivity index (χ2n) is 5.87. The van der Waals surface area contributed by atoms with Gasteiger partial charge in [-0.25, -0.2) is 4.79 Å². The van der Waals surface area contributed by atoms with Crippen LogP contribution >= 0.6 is 0 Å². The third-order valence-electron chi connectivity index (χ3n) is 3.63. The van der Waals surface area contributed by atoms with E-state index in [2.05, 4.69) is 10.6 Å². The van der Waals surface area contributed by atoms with Gasteiger partial charge in [0.15, 0.2) is 0 Å². The normalized spacial score (nSPS) is 11.4. The summed E-state index contributed by atoms with van der Waals surface area (Å²) in [6.07, 6.45) is 1.43. The van der Waals surface area contributed by atoms with E-state index in [1.54, 1.807) is 12.1 Å². The molecule has 0 aliphatic heterocycles. The van der Waals surface area contributed by atoms with Crippen molar-refractivity contribution >= 4 is 29.4 Å². The predicted octanol–water partition coefficient (Wildman–Crippen LogP) is 2.01. The van der Waals surface area contributed by atoms with Crippen LogP contribution in [0.4, 0.5) is 5.69 Å². The topological polar surface area (TPSA) is 133 Å². The number of para-hydroxylation sites is 1. The zero-order valence-corrected chi connectivity index (χ0v) is 14.4. The van der Waals surface area contributed by atoms with Gasteiger partial charge in [-0.05, 0) is 37.8 Å². The fourth-order valence-corrected chi connectivity index (χ4v) is 2.30. The Kier molecular flexibility index (Phi) is 9.45. The Morgan fingerprint density at radius 1 is 0.846 bits per heavy atom. The van der Waals surface area contributed by atoms with E-state index in [4.69, 9.17) is 10.2 Å². The van der Waals surface area contributed by atoms with E-state index in [-0.39, 0.29) is 38.0 Å². The first-order valence-electron chi connectivity index (χ1n) is 8.47. The molecule has 0 aromatic heterocycles. The molecule has 0 fully saturated rings. The number of aliphatic carboxylic acids is 2. The highest BCUT2D eigenvalue weighted by Gasteiger charge is 2.19. The summed E-state index contributed by atoms with van der Waals surface area (Å²) in [7, 11) is 0. The van der Waals surface area contributed by atoms with Gasteiger partial charge in [-0.1, -0.05) is 18.2 Å². The molecule has 1 aromatic rings. The highest BCUT2D eigenvalue weighted by Crippen LogP contribution is 2.08. The minimum Gasteiger partial charge on any atom is -0.481 e. The first kappa shape index (κ1) is 21.1. The summed E-state index contributed by atoms with van der Waals surface area (Å²) >= 11 is 0. The molecule has 0 saturated carbocycles. The summed E-state index contributed by atoms with van der Waals surface area (Å²) in [5.41, 5.74) is 0.709. The van der Waals surface area contributed by atoms with Crippen molar-refractivity contribution in [1.29, 1.82) is 0 Å². The number of unbranched alkanes of at least 4 members (excludes halogenated alkanes) is 1. The van der Waals surface area contributed by atoms with Gasteiger partial charge in [-0.3, -0.25) is 14.4 Å². The lowest BCUT2D eigenvalue weighted by Crippen LogP contribution is -2.40. The number of carbonyl (C=O) groups is 4. The Morgan fingerprint density at radius 2 is 1.46 bits per heavy atom. The number of nitrogens with one attached hydrogen (secondary N) is 2. The van der Waals surface area contributed by atoms with E-state index in [1.807, 2.05) is 18.2 Å². The molecular weight excluding hydrogens is 340 g/mol. The van der Waals surface area contributed by atoms with Gasteiger partial charge in [0.2, 0.25) is 11.8 Å². The Labute approximate surface area is 151 Å². The molecule has 0 aliphatic carbocycles. The van der Waals surface area contributed by atoms with Gasteiger partial charge in [0.05, 0.1) is 0 Å². The number of anilines is 1. The molecule has 0 unspecified atom stereocenters. The fourth-order valence-electron chi connectivity index (χ4n) is 2.30. The summed E-state index contributed by atoms with van der Waals surface area (Å²) in [5, 5.41) is 22.7. The van der Waals surface area contributed by atoms with E-state index in [0.29, 0.717) is 18.5 Å². The molecule has 0 heterocycles. The average Bonchev–Trinajstić information content (AvgIpc) is 2.58. The van der Waals surface area contributed by atoms with Gasteiger partial charge in [0.1, 0.15) is 6.04 Å². The molecule has 2 amide bonds. The van der Waals surface area contributed by atoms with Crippen molar-refractivity contribution in [3.63, 3.8) is 0 Å². The smallest absolute Gasteiger partial charge is 0.326 e. The van der Waals surface area contributed by atoms with Crippen LogP contribution in [0.1, 0.15) is 44.9 Å². The molecule has 26 heavy (non-hydrogen) atoms. The summed E-state index contributed by atoms with van der Waals surface area (Å²) in [4.78, 5) is 45.1. The van der Waals surface area contributed by atoms with Crippen LogP contribution in [0.3, 0.4) is 0 Å². The number of rotatable bonds is 12. The lowest BCUT2D eigenvalue weighted by atomic mass is 10.1. The van der Waals surface area contributed by atoms with Crippen LogP contribution in [-0.4, -0.2) is 40.0 Å². The van der Waals surface area contributed by atoms with E-state index in [0.717, 1.165) is 0 Å². The maximum atomic E-state index is 11.8. The lowest BCUT2D eigenvalue weighted by molar-refractivity contribution is -0.142. The second kappa shape index (κ2) is 11.6. The molecule has 0 radical (unpaired) electrons. The number of benzene rings is 1. The first-order chi connectivity index (χ1) is 12.4. The second-order valence-corrected chi connectivity index (χ2v) is 5.87. The number of carbonyl (C=O) groups excluding carboxylic acids is 2. The van der Waals surface area contributed by atoms with Gasteiger partial charge in [0.25, 0.3) is 0 Å². The molecule has 0 aliphatic rings. The van der Waals surface area contributed by atoms with E-state index in [1.165, 1.54) is 0 Å². The SMILES string of the molecule is O=C(O)CCC[C@H](NC(=O)CCCCC(=O)Nc1ccccc1)C(=O)O. The van der Waals surface area contributed by atoms with E-state index in [9.17, 15) is 19.2 Å². The zero-order chi connectivity index (χ0) is 19.4. The maximum Gasteiger partial charge on any atom is 0.326 e. The van der Waals surface area contributed by atoms with Crippen LogP contribution in [0.2, 0.25) is 0 Å². The third-order valence-corrected chi connectivity index (χ3v) is 3.63. The van der Waals surface area contributed by atoms with E-state index < -0.39 is 23.9 Å². The van der Waals surface area contributed by atoms with Crippen LogP contribution < -0.4 is 10.6 Å². The number of carboxylic acid groups (broad SMARTS) is 2. The Morgan fingerprint density at radius 3 is 2.04 bits per heavy atom. The average molecular weight is 364 g/mol. The Bertz CT molecular complexity index is 617.